The zero-order valence-corrected chi connectivity index (χ0v) is 16.5. The summed E-state index contributed by atoms with van der Waals surface area (Å²) >= 11 is 0. The fourth-order valence-electron chi connectivity index (χ4n) is 3.91. The van der Waals surface area contributed by atoms with Gasteiger partial charge in [-0.3, -0.25) is 0 Å². The van der Waals surface area contributed by atoms with Crippen molar-refractivity contribution in [2.45, 2.75) is 19.6 Å². The van der Waals surface area contributed by atoms with E-state index < -0.39 is 11.7 Å². The second kappa shape index (κ2) is 7.66. The zero-order valence-electron chi connectivity index (χ0n) is 16.5. The summed E-state index contributed by atoms with van der Waals surface area (Å²) in [7, 11) is 0. The van der Waals surface area contributed by atoms with Crippen LogP contribution in [0.1, 0.15) is 23.6 Å². The van der Waals surface area contributed by atoms with E-state index in [1.54, 1.807) is 6.07 Å². The van der Waals surface area contributed by atoms with E-state index in [0.717, 1.165) is 40.5 Å². The molecule has 152 valence electrons. The maximum Gasteiger partial charge on any atom is 0.416 e. The molecule has 0 amide bonds. The van der Waals surface area contributed by atoms with Crippen molar-refractivity contribution in [2.24, 2.45) is 0 Å². The monoisotopic (exact) mass is 415 g/mol. The highest BCUT2D eigenvalue weighted by atomic mass is 19.4. The molecule has 0 saturated heterocycles. The summed E-state index contributed by atoms with van der Waals surface area (Å²) in [6.45, 7) is 2.83. The summed E-state index contributed by atoms with van der Waals surface area (Å²) in [6.07, 6.45) is -4.47. The highest BCUT2D eigenvalue weighted by molar-refractivity contribution is 6.11. The molecule has 3 aromatic carbocycles. The number of hydrogen-bond acceptors (Lipinski definition) is 2. The quantitative estimate of drug-likeness (QED) is 0.273. The Labute approximate surface area is 176 Å². The van der Waals surface area contributed by atoms with Crippen molar-refractivity contribution in [1.82, 2.24) is 4.57 Å². The number of para-hydroxylation sites is 1. The van der Waals surface area contributed by atoms with E-state index in [2.05, 4.69) is 17.6 Å². The van der Waals surface area contributed by atoms with Crippen molar-refractivity contribution >= 4 is 33.0 Å². The van der Waals surface area contributed by atoms with Crippen LogP contribution in [0.4, 0.5) is 13.2 Å². The predicted molar refractivity (Wildman–Crippen MR) is 115 cm³/mol. The lowest BCUT2D eigenvalue weighted by atomic mass is 9.94. The smallest absolute Gasteiger partial charge is 0.341 e. The molecule has 1 heterocycles. The Hall–Kier alpha value is -4.03. The maximum atomic E-state index is 12.9. The molecule has 0 unspecified atom stereocenters. The third-order valence-corrected chi connectivity index (χ3v) is 5.35. The van der Waals surface area contributed by atoms with Gasteiger partial charge in [0.1, 0.15) is 12.1 Å². The van der Waals surface area contributed by atoms with Gasteiger partial charge in [0.2, 0.25) is 0 Å². The fraction of sp³-hybridized carbons (Fsp3) is 0.120. The minimum atomic E-state index is -4.47. The number of hydrogen-bond donors (Lipinski definition) is 0. The number of nitrogens with zero attached hydrogens (tertiary/aromatic N) is 3. The topological polar surface area (TPSA) is 52.5 Å². The molecule has 0 aliphatic carbocycles. The van der Waals surface area contributed by atoms with Gasteiger partial charge in [0.15, 0.2) is 0 Å². The molecule has 1 aromatic heterocycles. The van der Waals surface area contributed by atoms with Gasteiger partial charge in [-0.15, -0.1) is 0 Å². The minimum Gasteiger partial charge on any atom is -0.341 e. The summed E-state index contributed by atoms with van der Waals surface area (Å²) in [6, 6.07) is 21.8. The molecule has 0 fully saturated rings. The Morgan fingerprint density at radius 1 is 0.806 bits per heavy atom. The first kappa shape index (κ1) is 20.3. The van der Waals surface area contributed by atoms with Crippen LogP contribution in [0.25, 0.3) is 33.0 Å². The normalized spacial score (nSPS) is 12.5. The second-order valence-corrected chi connectivity index (χ2v) is 7.04. The van der Waals surface area contributed by atoms with Crippen molar-refractivity contribution in [3.63, 3.8) is 0 Å². The zero-order chi connectivity index (χ0) is 22.2. The van der Waals surface area contributed by atoms with Crippen LogP contribution in [-0.4, -0.2) is 4.57 Å². The van der Waals surface area contributed by atoms with Gasteiger partial charge >= 0.3 is 6.18 Å². The molecule has 0 atom stereocenters. The van der Waals surface area contributed by atoms with E-state index in [0.29, 0.717) is 5.56 Å². The average molecular weight is 415 g/mol. The fourth-order valence-corrected chi connectivity index (χ4v) is 3.91. The van der Waals surface area contributed by atoms with E-state index in [9.17, 15) is 23.7 Å². The molecule has 6 heteroatoms. The largest absolute Gasteiger partial charge is 0.416 e. The molecule has 0 aliphatic rings. The summed E-state index contributed by atoms with van der Waals surface area (Å²) in [5, 5.41) is 21.5. The number of aromatic nitrogens is 1. The first-order chi connectivity index (χ1) is 14.9. The average Bonchev–Trinajstić information content (AvgIpc) is 3.10. The Kier molecular flexibility index (Phi) is 5.01. The van der Waals surface area contributed by atoms with Crippen molar-refractivity contribution in [2.75, 3.05) is 0 Å². The highest BCUT2D eigenvalue weighted by Crippen LogP contribution is 2.34. The number of allylic oxidation sites excluding steroid dienone is 2. The van der Waals surface area contributed by atoms with E-state index in [4.69, 9.17) is 0 Å². The lowest BCUT2D eigenvalue weighted by Gasteiger charge is -2.09. The molecule has 4 aromatic rings. The number of nitriles is 2. The van der Waals surface area contributed by atoms with Crippen LogP contribution < -0.4 is 0 Å². The van der Waals surface area contributed by atoms with E-state index >= 15 is 0 Å². The number of fused-ring (bicyclic) bond motifs is 3. The molecule has 0 bridgehead atoms. The summed E-state index contributed by atoms with van der Waals surface area (Å²) in [5.74, 6) is 0. The second-order valence-electron chi connectivity index (χ2n) is 7.04. The molecule has 3 nitrogen and oxygen atoms in total. The molecular weight excluding hydrogens is 399 g/mol. The molecule has 0 saturated carbocycles. The lowest BCUT2D eigenvalue weighted by Crippen LogP contribution is -2.04. The summed E-state index contributed by atoms with van der Waals surface area (Å²) < 4.78 is 40.8. The Morgan fingerprint density at radius 3 is 2.00 bits per heavy atom. The van der Waals surface area contributed by atoms with Gasteiger partial charge in [-0.1, -0.05) is 36.4 Å². The van der Waals surface area contributed by atoms with Crippen molar-refractivity contribution in [3.8, 4) is 12.1 Å². The van der Waals surface area contributed by atoms with Gasteiger partial charge in [-0.25, -0.2) is 0 Å². The number of aryl methyl sites for hydroxylation is 1. The first-order valence-electron chi connectivity index (χ1n) is 9.62. The SMILES string of the molecule is CCn1c2ccccc2c2cc(/C(C#N)=C(/C#N)c3ccc(C(F)(F)F)cc3)ccc21. The molecule has 0 aliphatic heterocycles. The third-order valence-electron chi connectivity index (χ3n) is 5.35. The summed E-state index contributed by atoms with van der Waals surface area (Å²) in [4.78, 5) is 0. The van der Waals surface area contributed by atoms with Crippen LogP contribution in [0.15, 0.2) is 66.7 Å². The van der Waals surface area contributed by atoms with Gasteiger partial charge in [0, 0.05) is 28.4 Å². The van der Waals surface area contributed by atoms with Gasteiger partial charge in [-0.2, -0.15) is 23.7 Å². The van der Waals surface area contributed by atoms with Gasteiger partial charge in [0.05, 0.1) is 16.7 Å². The van der Waals surface area contributed by atoms with Crippen molar-refractivity contribution < 1.29 is 13.2 Å². The highest BCUT2D eigenvalue weighted by Gasteiger charge is 2.30. The van der Waals surface area contributed by atoms with E-state index in [1.807, 2.05) is 42.5 Å². The number of benzene rings is 3. The van der Waals surface area contributed by atoms with Crippen molar-refractivity contribution in [1.29, 1.82) is 10.5 Å². The Balaban J connectivity index is 1.91. The van der Waals surface area contributed by atoms with Crippen LogP contribution in [0.5, 0.6) is 0 Å². The molecule has 31 heavy (non-hydrogen) atoms. The molecule has 0 N–H and O–H groups in total. The predicted octanol–water partition coefficient (Wildman–Crippen LogP) is 6.79. The van der Waals surface area contributed by atoms with Gasteiger partial charge < -0.3 is 4.57 Å². The number of alkyl halides is 3. The van der Waals surface area contributed by atoms with Gasteiger partial charge in [0.25, 0.3) is 0 Å². The van der Waals surface area contributed by atoms with E-state index in [1.165, 1.54) is 12.1 Å². The van der Waals surface area contributed by atoms with Crippen LogP contribution in [0.3, 0.4) is 0 Å². The Bertz CT molecular complexity index is 1410. The molecular formula is C25H16F3N3. The van der Waals surface area contributed by atoms with Gasteiger partial charge in [-0.05, 0) is 48.4 Å². The van der Waals surface area contributed by atoms with Crippen molar-refractivity contribution in [3.05, 3.63) is 83.4 Å². The van der Waals surface area contributed by atoms with E-state index in [-0.39, 0.29) is 16.7 Å². The standard InChI is InChI=1S/C25H16F3N3/c1-2-31-23-6-4-3-5-19(23)20-13-17(9-12-24(20)31)22(15-30)21(14-29)16-7-10-18(11-8-16)25(26,27)28/h3-13H,2H2,1H3/b22-21-. The first-order valence-corrected chi connectivity index (χ1v) is 9.62. The van der Waals surface area contributed by atoms with Crippen LogP contribution in [-0.2, 0) is 12.7 Å². The molecule has 4 rings (SSSR count). The molecule has 0 spiro atoms. The number of halogens is 3. The Morgan fingerprint density at radius 2 is 1.39 bits per heavy atom. The summed E-state index contributed by atoms with van der Waals surface area (Å²) in [5.41, 5.74) is 2.25. The minimum absolute atomic E-state index is 0.0369. The van der Waals surface area contributed by atoms with Crippen LogP contribution in [0.2, 0.25) is 0 Å². The number of rotatable bonds is 3. The lowest BCUT2D eigenvalue weighted by molar-refractivity contribution is -0.137. The molecule has 0 radical (unpaired) electrons. The maximum absolute atomic E-state index is 12.9. The van der Waals surface area contributed by atoms with Crippen LogP contribution >= 0.6 is 0 Å². The van der Waals surface area contributed by atoms with Crippen LogP contribution in [0, 0.1) is 22.7 Å². The third kappa shape index (κ3) is 3.43.